The summed E-state index contributed by atoms with van der Waals surface area (Å²) in [5.41, 5.74) is 1.72. The lowest BCUT2D eigenvalue weighted by Gasteiger charge is -2.12. The zero-order valence-electron chi connectivity index (χ0n) is 13.3. The van der Waals surface area contributed by atoms with Gasteiger partial charge in [-0.2, -0.15) is 0 Å². The Bertz CT molecular complexity index is 890. The van der Waals surface area contributed by atoms with Gasteiger partial charge in [-0.05, 0) is 30.3 Å². The summed E-state index contributed by atoms with van der Waals surface area (Å²) in [6.07, 6.45) is 0. The van der Waals surface area contributed by atoms with Crippen LogP contribution in [0.15, 0.2) is 34.7 Å². The predicted molar refractivity (Wildman–Crippen MR) is 86.1 cm³/mol. The number of nitrogens with zero attached hydrogens (tertiary/aromatic N) is 1. The highest BCUT2D eigenvalue weighted by molar-refractivity contribution is 5.92. The molecule has 3 aromatic rings. The second-order valence-electron chi connectivity index (χ2n) is 4.92. The van der Waals surface area contributed by atoms with Gasteiger partial charge in [-0.25, -0.2) is 9.78 Å². The van der Waals surface area contributed by atoms with E-state index in [0.717, 1.165) is 0 Å². The van der Waals surface area contributed by atoms with Crippen LogP contribution in [0.25, 0.3) is 22.6 Å². The average molecular weight is 329 g/mol. The predicted octanol–water partition coefficient (Wildman–Crippen LogP) is 3.22. The molecular formula is C17H15NO6. The third kappa shape index (κ3) is 2.60. The normalized spacial score (nSPS) is 10.6. The standard InChI is InChI=1S/C17H15NO6/c1-21-13-7-10(8-14(22-2)15(13)23-3)16-18-11-6-9(17(19)20)4-5-12(11)24-16/h4-8H,1-3H3,(H,19,20). The van der Waals surface area contributed by atoms with Crippen LogP contribution in [0.1, 0.15) is 10.4 Å². The summed E-state index contributed by atoms with van der Waals surface area (Å²) in [6.45, 7) is 0. The molecule has 0 atom stereocenters. The first-order valence-corrected chi connectivity index (χ1v) is 7.01. The van der Waals surface area contributed by atoms with Gasteiger partial charge in [0.15, 0.2) is 17.1 Å². The molecule has 0 aliphatic heterocycles. The van der Waals surface area contributed by atoms with Gasteiger partial charge in [0.1, 0.15) is 5.52 Å². The Labute approximate surface area is 137 Å². The number of hydrogen-bond acceptors (Lipinski definition) is 6. The molecule has 124 valence electrons. The second-order valence-corrected chi connectivity index (χ2v) is 4.92. The van der Waals surface area contributed by atoms with E-state index >= 15 is 0 Å². The van der Waals surface area contributed by atoms with Crippen molar-refractivity contribution in [1.82, 2.24) is 4.98 Å². The Balaban J connectivity index is 2.14. The van der Waals surface area contributed by atoms with Gasteiger partial charge in [-0.15, -0.1) is 0 Å². The first-order valence-electron chi connectivity index (χ1n) is 7.01. The van der Waals surface area contributed by atoms with Gasteiger partial charge in [0, 0.05) is 5.56 Å². The molecule has 3 rings (SSSR count). The summed E-state index contributed by atoms with van der Waals surface area (Å²) in [7, 11) is 4.56. The minimum Gasteiger partial charge on any atom is -0.493 e. The number of benzene rings is 2. The van der Waals surface area contributed by atoms with Crippen molar-refractivity contribution in [3.63, 3.8) is 0 Å². The molecule has 1 heterocycles. The topological polar surface area (TPSA) is 91.0 Å². The van der Waals surface area contributed by atoms with Gasteiger partial charge in [-0.3, -0.25) is 0 Å². The largest absolute Gasteiger partial charge is 0.493 e. The fourth-order valence-electron chi connectivity index (χ4n) is 2.39. The van der Waals surface area contributed by atoms with Crippen LogP contribution >= 0.6 is 0 Å². The van der Waals surface area contributed by atoms with Crippen LogP contribution in [-0.4, -0.2) is 37.4 Å². The van der Waals surface area contributed by atoms with Crippen LogP contribution in [0, 0.1) is 0 Å². The van der Waals surface area contributed by atoms with E-state index in [1.54, 1.807) is 18.2 Å². The number of carbonyl (C=O) groups is 1. The summed E-state index contributed by atoms with van der Waals surface area (Å²) < 4.78 is 21.6. The molecule has 1 aromatic heterocycles. The van der Waals surface area contributed by atoms with E-state index in [9.17, 15) is 4.79 Å². The molecule has 7 heteroatoms. The number of rotatable bonds is 5. The molecule has 0 fully saturated rings. The maximum absolute atomic E-state index is 11.1. The molecule has 2 aromatic carbocycles. The molecule has 24 heavy (non-hydrogen) atoms. The maximum Gasteiger partial charge on any atom is 0.335 e. The van der Waals surface area contributed by atoms with Gasteiger partial charge in [0.2, 0.25) is 11.6 Å². The van der Waals surface area contributed by atoms with E-state index < -0.39 is 5.97 Å². The average Bonchev–Trinajstić information content (AvgIpc) is 3.03. The molecule has 0 unspecified atom stereocenters. The fraction of sp³-hybridized carbons (Fsp3) is 0.176. The molecule has 0 spiro atoms. The zero-order valence-corrected chi connectivity index (χ0v) is 13.3. The molecule has 0 aliphatic carbocycles. The number of aromatic carboxylic acids is 1. The highest BCUT2D eigenvalue weighted by atomic mass is 16.5. The molecule has 1 N–H and O–H groups in total. The smallest absolute Gasteiger partial charge is 0.335 e. The Morgan fingerprint density at radius 3 is 2.25 bits per heavy atom. The number of hydrogen-bond donors (Lipinski definition) is 1. The first kappa shape index (κ1) is 15.7. The molecular weight excluding hydrogens is 314 g/mol. The number of fused-ring (bicyclic) bond motifs is 1. The van der Waals surface area contributed by atoms with Crippen LogP contribution in [-0.2, 0) is 0 Å². The van der Waals surface area contributed by atoms with Gasteiger partial charge in [-0.1, -0.05) is 0 Å². The van der Waals surface area contributed by atoms with E-state index in [0.29, 0.717) is 39.8 Å². The Kier molecular flexibility index (Phi) is 3.99. The van der Waals surface area contributed by atoms with E-state index in [4.69, 9.17) is 23.7 Å². The van der Waals surface area contributed by atoms with E-state index in [-0.39, 0.29) is 5.56 Å². The molecule has 0 saturated heterocycles. The van der Waals surface area contributed by atoms with Crippen LogP contribution in [0.5, 0.6) is 17.2 Å². The van der Waals surface area contributed by atoms with Crippen molar-refractivity contribution in [2.75, 3.05) is 21.3 Å². The Hall–Kier alpha value is -3.22. The van der Waals surface area contributed by atoms with E-state index in [2.05, 4.69) is 4.98 Å². The molecule has 0 saturated carbocycles. The summed E-state index contributed by atoms with van der Waals surface area (Å²) in [5, 5.41) is 9.06. The maximum atomic E-state index is 11.1. The number of methoxy groups -OCH3 is 3. The van der Waals surface area contributed by atoms with Gasteiger partial charge < -0.3 is 23.7 Å². The highest BCUT2D eigenvalue weighted by Crippen LogP contribution is 2.41. The first-order chi connectivity index (χ1) is 11.6. The highest BCUT2D eigenvalue weighted by Gasteiger charge is 2.17. The summed E-state index contributed by atoms with van der Waals surface area (Å²) >= 11 is 0. The van der Waals surface area contributed by atoms with Crippen LogP contribution in [0.4, 0.5) is 0 Å². The van der Waals surface area contributed by atoms with Crippen molar-refractivity contribution in [2.45, 2.75) is 0 Å². The molecule has 0 amide bonds. The van der Waals surface area contributed by atoms with Crippen molar-refractivity contribution >= 4 is 17.1 Å². The number of carboxylic acid groups (broad SMARTS) is 1. The van der Waals surface area contributed by atoms with Crippen molar-refractivity contribution in [3.05, 3.63) is 35.9 Å². The lowest BCUT2D eigenvalue weighted by atomic mass is 10.2. The van der Waals surface area contributed by atoms with E-state index in [1.165, 1.54) is 33.5 Å². The lowest BCUT2D eigenvalue weighted by molar-refractivity contribution is 0.0697. The van der Waals surface area contributed by atoms with Crippen LogP contribution in [0.3, 0.4) is 0 Å². The SMILES string of the molecule is COc1cc(-c2nc3cc(C(=O)O)ccc3o2)cc(OC)c1OC. The Morgan fingerprint density at radius 2 is 1.71 bits per heavy atom. The van der Waals surface area contributed by atoms with Gasteiger partial charge in [0.05, 0.1) is 26.9 Å². The molecule has 0 aliphatic rings. The molecule has 7 nitrogen and oxygen atoms in total. The Morgan fingerprint density at radius 1 is 1.04 bits per heavy atom. The minimum absolute atomic E-state index is 0.146. The number of oxazole rings is 1. The monoisotopic (exact) mass is 329 g/mol. The van der Waals surface area contributed by atoms with Crippen molar-refractivity contribution in [2.24, 2.45) is 0 Å². The van der Waals surface area contributed by atoms with Crippen molar-refractivity contribution < 1.29 is 28.5 Å². The van der Waals surface area contributed by atoms with E-state index in [1.807, 2.05) is 0 Å². The van der Waals surface area contributed by atoms with Crippen LogP contribution in [0.2, 0.25) is 0 Å². The third-order valence-electron chi connectivity index (χ3n) is 3.55. The third-order valence-corrected chi connectivity index (χ3v) is 3.55. The summed E-state index contributed by atoms with van der Waals surface area (Å²) in [5.74, 6) is 0.717. The molecule has 0 bridgehead atoms. The number of carboxylic acids is 1. The zero-order chi connectivity index (χ0) is 17.3. The lowest BCUT2D eigenvalue weighted by Crippen LogP contribution is -1.95. The fourth-order valence-corrected chi connectivity index (χ4v) is 2.39. The minimum atomic E-state index is -1.02. The summed E-state index contributed by atoms with van der Waals surface area (Å²) in [6, 6.07) is 7.93. The van der Waals surface area contributed by atoms with Crippen LogP contribution < -0.4 is 14.2 Å². The van der Waals surface area contributed by atoms with Crippen molar-refractivity contribution in [1.29, 1.82) is 0 Å². The second kappa shape index (κ2) is 6.11. The quantitative estimate of drug-likeness (QED) is 0.768. The summed E-state index contributed by atoms with van der Waals surface area (Å²) in [4.78, 5) is 15.4. The van der Waals surface area contributed by atoms with Gasteiger partial charge in [0.25, 0.3) is 0 Å². The number of ether oxygens (including phenoxy) is 3. The molecule has 0 radical (unpaired) electrons. The number of aromatic nitrogens is 1. The van der Waals surface area contributed by atoms with Crippen molar-refractivity contribution in [3.8, 4) is 28.7 Å². The van der Waals surface area contributed by atoms with Gasteiger partial charge >= 0.3 is 5.97 Å².